The van der Waals surface area contributed by atoms with Gasteiger partial charge in [0.2, 0.25) is 11.5 Å². The molecule has 0 aliphatic heterocycles. The zero-order chi connectivity index (χ0) is 8.43. The van der Waals surface area contributed by atoms with Gasteiger partial charge in [-0.1, -0.05) is 0 Å². The van der Waals surface area contributed by atoms with Gasteiger partial charge in [-0.05, 0) is 12.1 Å². The molecule has 0 spiro atoms. The Bertz CT molecular complexity index is 277. The van der Waals surface area contributed by atoms with Crippen LogP contribution in [-0.4, -0.2) is 125 Å². The zero-order valence-electron chi connectivity index (χ0n) is 7.27. The molecule has 0 aliphatic carbocycles. The van der Waals surface area contributed by atoms with Crippen molar-refractivity contribution in [3.8, 4) is 0 Å². The molecule has 13 heavy (non-hydrogen) atoms. The molecule has 7 heteroatoms. The van der Waals surface area contributed by atoms with Crippen LogP contribution in [0.4, 0.5) is 0 Å². The molecular formula is C6H4K2O5. The number of aromatic carboxylic acids is 2. The van der Waals surface area contributed by atoms with Gasteiger partial charge in [-0.15, -0.1) is 0 Å². The van der Waals surface area contributed by atoms with E-state index in [1.165, 1.54) is 0 Å². The van der Waals surface area contributed by atoms with Crippen molar-refractivity contribution in [2.75, 3.05) is 0 Å². The van der Waals surface area contributed by atoms with E-state index in [4.69, 9.17) is 10.2 Å². The van der Waals surface area contributed by atoms with Crippen molar-refractivity contribution >= 4 is 115 Å². The van der Waals surface area contributed by atoms with Crippen LogP contribution >= 0.6 is 0 Å². The first-order valence-electron chi connectivity index (χ1n) is 2.67. The van der Waals surface area contributed by atoms with Crippen molar-refractivity contribution in [1.29, 1.82) is 0 Å². The molecule has 60 valence electrons. The first-order chi connectivity index (χ1) is 5.11. The van der Waals surface area contributed by atoms with Gasteiger partial charge in [0.05, 0.1) is 0 Å². The molecular weight excluding hydrogens is 230 g/mol. The van der Waals surface area contributed by atoms with E-state index in [2.05, 4.69) is 4.42 Å². The molecule has 0 fully saturated rings. The summed E-state index contributed by atoms with van der Waals surface area (Å²) in [4.78, 5) is 20.3. The molecule has 1 rings (SSSR count). The van der Waals surface area contributed by atoms with Crippen LogP contribution in [0.3, 0.4) is 0 Å². The van der Waals surface area contributed by atoms with Gasteiger partial charge < -0.3 is 14.6 Å². The fourth-order valence-electron chi connectivity index (χ4n) is 0.568. The van der Waals surface area contributed by atoms with Gasteiger partial charge in [0.25, 0.3) is 0 Å². The second-order valence-electron chi connectivity index (χ2n) is 1.77. The standard InChI is InChI=1S/C6H4O5.2K/c7-5(8)3-1-2-4(11-3)6(9)10;;/h1-2H,(H,7,8)(H,9,10);;. The van der Waals surface area contributed by atoms with E-state index in [1.807, 2.05) is 0 Å². The Balaban J connectivity index is 0. The molecule has 5 nitrogen and oxygen atoms in total. The van der Waals surface area contributed by atoms with Gasteiger partial charge in [-0.2, -0.15) is 0 Å². The van der Waals surface area contributed by atoms with Gasteiger partial charge in [-0.3, -0.25) is 0 Å². The molecule has 2 N–H and O–H groups in total. The molecule has 0 aliphatic rings. The Morgan fingerprint density at radius 2 is 1.31 bits per heavy atom. The van der Waals surface area contributed by atoms with Gasteiger partial charge >= 0.3 is 11.9 Å². The van der Waals surface area contributed by atoms with Crippen LogP contribution in [0.2, 0.25) is 0 Å². The normalized spacial score (nSPS) is 8.00. The Morgan fingerprint density at radius 1 is 1.00 bits per heavy atom. The van der Waals surface area contributed by atoms with Crippen LogP contribution in [0.25, 0.3) is 0 Å². The molecule has 0 bridgehead atoms. The average molecular weight is 234 g/mol. The fraction of sp³-hybridized carbons (Fsp3) is 0. The predicted molar refractivity (Wildman–Crippen MR) is 44.1 cm³/mol. The molecule has 0 saturated heterocycles. The molecule has 0 amide bonds. The van der Waals surface area contributed by atoms with Crippen LogP contribution in [0, 0.1) is 0 Å². The third-order valence-electron chi connectivity index (χ3n) is 1.03. The van der Waals surface area contributed by atoms with Crippen molar-refractivity contribution in [3.63, 3.8) is 0 Å². The maximum absolute atomic E-state index is 10.2. The zero-order valence-corrected chi connectivity index (χ0v) is 13.5. The van der Waals surface area contributed by atoms with Gasteiger partial charge in [0.1, 0.15) is 0 Å². The number of rotatable bonds is 2. The van der Waals surface area contributed by atoms with Crippen LogP contribution in [-0.2, 0) is 0 Å². The SMILES string of the molecule is O=C(O)c1ccc(C(=O)O)o1.[K].[K]. The number of carboxylic acids is 2. The number of hydrogen-bond donors (Lipinski definition) is 2. The Morgan fingerprint density at radius 3 is 1.46 bits per heavy atom. The summed E-state index contributed by atoms with van der Waals surface area (Å²) in [6.07, 6.45) is 0. The minimum Gasteiger partial charge on any atom is -0.475 e. The summed E-state index contributed by atoms with van der Waals surface area (Å²) in [6, 6.07) is 2.18. The molecule has 0 unspecified atom stereocenters. The van der Waals surface area contributed by atoms with Crippen molar-refractivity contribution in [2.24, 2.45) is 0 Å². The molecule has 1 aromatic rings. The second-order valence-corrected chi connectivity index (χ2v) is 1.77. The van der Waals surface area contributed by atoms with Crippen LogP contribution in [0.1, 0.15) is 21.1 Å². The Hall–Kier alpha value is 1.49. The Kier molecular flexibility index (Phi) is 10.1. The van der Waals surface area contributed by atoms with E-state index >= 15 is 0 Å². The van der Waals surface area contributed by atoms with Crippen LogP contribution in [0.15, 0.2) is 16.5 Å². The predicted octanol–water partition coefficient (Wildman–Crippen LogP) is -0.0856. The summed E-state index contributed by atoms with van der Waals surface area (Å²) in [6.45, 7) is 0. The van der Waals surface area contributed by atoms with E-state index in [0.29, 0.717) is 0 Å². The van der Waals surface area contributed by atoms with Crippen LogP contribution in [0.5, 0.6) is 0 Å². The number of hydrogen-bond acceptors (Lipinski definition) is 3. The minimum absolute atomic E-state index is 0. The maximum Gasteiger partial charge on any atom is 0.371 e. The maximum atomic E-state index is 10.2. The molecule has 0 aromatic carbocycles. The van der Waals surface area contributed by atoms with Crippen LogP contribution < -0.4 is 0 Å². The van der Waals surface area contributed by atoms with E-state index in [0.717, 1.165) is 12.1 Å². The minimum atomic E-state index is -1.28. The molecule has 1 aromatic heterocycles. The van der Waals surface area contributed by atoms with E-state index in [9.17, 15) is 9.59 Å². The van der Waals surface area contributed by atoms with Crippen molar-refractivity contribution in [3.05, 3.63) is 23.7 Å². The van der Waals surface area contributed by atoms with Gasteiger partial charge in [0, 0.05) is 103 Å². The number of carbonyl (C=O) groups is 2. The smallest absolute Gasteiger partial charge is 0.371 e. The van der Waals surface area contributed by atoms with E-state index in [1.54, 1.807) is 0 Å². The van der Waals surface area contributed by atoms with Crippen molar-refractivity contribution in [2.45, 2.75) is 0 Å². The average Bonchev–Trinajstić information content (AvgIpc) is 2.33. The third kappa shape index (κ3) is 5.21. The quantitative estimate of drug-likeness (QED) is 0.698. The molecule has 2 radical (unpaired) electrons. The summed E-state index contributed by atoms with van der Waals surface area (Å²) >= 11 is 0. The summed E-state index contributed by atoms with van der Waals surface area (Å²) < 4.78 is 4.41. The first-order valence-corrected chi connectivity index (χ1v) is 2.67. The third-order valence-corrected chi connectivity index (χ3v) is 1.03. The number of carboxylic acid groups (broad SMARTS) is 2. The Labute approximate surface area is 159 Å². The fourth-order valence-corrected chi connectivity index (χ4v) is 0.568. The van der Waals surface area contributed by atoms with Crippen molar-refractivity contribution in [1.82, 2.24) is 0 Å². The number of furan rings is 1. The molecule has 0 saturated carbocycles. The van der Waals surface area contributed by atoms with E-state index in [-0.39, 0.29) is 114 Å². The topological polar surface area (TPSA) is 87.7 Å². The second kappa shape index (κ2) is 7.74. The molecule has 1 heterocycles. The van der Waals surface area contributed by atoms with E-state index < -0.39 is 11.9 Å². The van der Waals surface area contributed by atoms with Gasteiger partial charge in [-0.25, -0.2) is 9.59 Å². The monoisotopic (exact) mass is 234 g/mol. The first kappa shape index (κ1) is 16.9. The van der Waals surface area contributed by atoms with Gasteiger partial charge in [0.15, 0.2) is 0 Å². The summed E-state index contributed by atoms with van der Waals surface area (Å²) in [7, 11) is 0. The summed E-state index contributed by atoms with van der Waals surface area (Å²) in [5.74, 6) is -3.31. The summed E-state index contributed by atoms with van der Waals surface area (Å²) in [5, 5.41) is 16.6. The van der Waals surface area contributed by atoms with Crippen molar-refractivity contribution < 1.29 is 24.2 Å². The molecule has 0 atom stereocenters. The largest absolute Gasteiger partial charge is 0.475 e. The summed E-state index contributed by atoms with van der Waals surface area (Å²) in [5.41, 5.74) is 0.